The van der Waals surface area contributed by atoms with Crippen LogP contribution in [0.1, 0.15) is 117 Å². The second-order valence-electron chi connectivity index (χ2n) is 26.7. The number of unbranched alkanes of at least 4 members (excludes halogenated alkanes) is 1. The highest BCUT2D eigenvalue weighted by molar-refractivity contribution is 5.99. The SMILES string of the molecule is CC(C)C[C@H](NC(=O)[C@@H](NC(=O)[C@H](Cc1ccc(O)cc1)NC(=O)[C@@H]1CCCN1C(=O)[C@H](CCCN=C(N)N)NC(=O)[C@@H](NC(=O)[C@@H]1CCCN1C(=O)[C@@H](CCCCN)NC(=O)N(CCN(CCN(CC(=O)O)CC(=O)O)CC(=O)O)C(=O)O)C1CCN(C(=N)N)CC1)C(C)(C)C)C(=O)O. The van der Waals surface area contributed by atoms with Crippen molar-refractivity contribution in [2.24, 2.45) is 45.2 Å². The Kier molecular flexibility index (Phi) is 33.0. The zero-order valence-corrected chi connectivity index (χ0v) is 57.4. The maximum absolute atomic E-state index is 15.1. The van der Waals surface area contributed by atoms with E-state index in [9.17, 15) is 83.4 Å². The van der Waals surface area contributed by atoms with Crippen molar-refractivity contribution in [2.45, 2.75) is 166 Å². The van der Waals surface area contributed by atoms with E-state index < -0.39 is 170 Å². The minimum Gasteiger partial charge on any atom is -0.508 e. The van der Waals surface area contributed by atoms with Gasteiger partial charge in [-0.15, -0.1) is 0 Å². The van der Waals surface area contributed by atoms with E-state index in [1.54, 1.807) is 39.5 Å². The fraction of sp³-hybridized carbons (Fsp3) is 0.667. The Morgan fingerprint density at radius 1 is 0.610 bits per heavy atom. The summed E-state index contributed by atoms with van der Waals surface area (Å²) in [7, 11) is 0. The van der Waals surface area contributed by atoms with Crippen LogP contribution in [0.25, 0.3) is 0 Å². The van der Waals surface area contributed by atoms with E-state index >= 15 is 9.59 Å². The number of nitrogens with zero attached hydrogens (tertiary/aromatic N) is 7. The molecule has 37 heteroatoms. The molecule has 0 bridgehead atoms. The summed E-state index contributed by atoms with van der Waals surface area (Å²) in [6, 6.07) is -6.43. The zero-order valence-electron chi connectivity index (χ0n) is 57.4. The Morgan fingerprint density at radius 3 is 1.62 bits per heavy atom. The quantitative estimate of drug-likeness (QED) is 0.0180. The van der Waals surface area contributed by atoms with Gasteiger partial charge >= 0.3 is 36.0 Å². The Labute approximate surface area is 579 Å². The number of nitrogens with one attached hydrogen (secondary N) is 7. The Balaban J connectivity index is 1.65. The van der Waals surface area contributed by atoms with Crippen molar-refractivity contribution in [3.05, 3.63) is 29.8 Å². The van der Waals surface area contributed by atoms with Gasteiger partial charge in [0.1, 0.15) is 54.1 Å². The molecule has 0 saturated carbocycles. The third-order valence-corrected chi connectivity index (χ3v) is 17.4. The number of hydrogen-bond donors (Lipinski definition) is 17. The average molecular weight is 1420 g/mol. The van der Waals surface area contributed by atoms with Crippen molar-refractivity contribution in [2.75, 3.05) is 85.1 Å². The maximum atomic E-state index is 15.1. The van der Waals surface area contributed by atoms with Gasteiger partial charge < -0.3 is 100 Å². The first-order valence-electron chi connectivity index (χ1n) is 33.4. The third kappa shape index (κ3) is 26.9. The minimum atomic E-state index is -1.80. The number of likely N-dealkylation sites (tertiary alicyclic amines) is 3. The molecular weight excluding hydrogens is 1310 g/mol. The Bertz CT molecular complexity index is 3050. The molecule has 37 nitrogen and oxygen atoms in total. The zero-order chi connectivity index (χ0) is 74.7. The normalized spacial score (nSPS) is 17.4. The number of phenolic OH excluding ortho intramolecular Hbond substituents is 1. The number of imide groups is 1. The lowest BCUT2D eigenvalue weighted by Gasteiger charge is -2.37. The first kappa shape index (κ1) is 82.8. The molecule has 10 amide bonds. The fourth-order valence-electron chi connectivity index (χ4n) is 12.2. The van der Waals surface area contributed by atoms with Crippen molar-refractivity contribution < 1.29 is 93.0 Å². The van der Waals surface area contributed by atoms with Crippen molar-refractivity contribution in [1.82, 2.24) is 61.3 Å². The number of aliphatic carboxylic acids is 4. The average Bonchev–Trinajstić information content (AvgIpc) is 1.55. The molecule has 21 N–H and O–H groups in total. The van der Waals surface area contributed by atoms with Crippen LogP contribution in [0.5, 0.6) is 5.75 Å². The summed E-state index contributed by atoms with van der Waals surface area (Å²) >= 11 is 0. The summed E-state index contributed by atoms with van der Waals surface area (Å²) in [5, 5.41) is 82.7. The summed E-state index contributed by atoms with van der Waals surface area (Å²) in [6.45, 7) is 5.20. The lowest BCUT2D eigenvalue weighted by atomic mass is 9.85. The van der Waals surface area contributed by atoms with Crippen molar-refractivity contribution >= 4 is 89.3 Å². The van der Waals surface area contributed by atoms with Gasteiger partial charge in [0.05, 0.1) is 19.6 Å². The molecule has 0 unspecified atom stereocenters. The monoisotopic (exact) mass is 1410 g/mol. The minimum absolute atomic E-state index is 0.00382. The van der Waals surface area contributed by atoms with E-state index in [1.807, 2.05) is 0 Å². The van der Waals surface area contributed by atoms with Gasteiger partial charge in [-0.25, -0.2) is 19.3 Å². The molecule has 3 fully saturated rings. The van der Waals surface area contributed by atoms with Gasteiger partial charge in [0.25, 0.3) is 0 Å². The smallest absolute Gasteiger partial charge is 0.415 e. The van der Waals surface area contributed by atoms with Gasteiger partial charge in [-0.1, -0.05) is 46.8 Å². The molecule has 0 radical (unpaired) electrons. The number of carbonyl (C=O) groups excluding carboxylic acids is 8. The van der Waals surface area contributed by atoms with E-state index in [0.717, 1.165) is 9.80 Å². The second-order valence-corrected chi connectivity index (χ2v) is 26.7. The summed E-state index contributed by atoms with van der Waals surface area (Å²) in [5.41, 5.74) is 22.4. The van der Waals surface area contributed by atoms with Crippen LogP contribution in [-0.2, 0) is 59.2 Å². The number of carboxylic acid groups (broad SMARTS) is 5. The molecule has 1 aromatic carbocycles. The van der Waals surface area contributed by atoms with E-state index in [2.05, 4.69) is 36.9 Å². The first-order chi connectivity index (χ1) is 47.0. The molecule has 3 aliphatic rings. The molecule has 8 atom stereocenters. The number of amides is 10. The highest BCUT2D eigenvalue weighted by atomic mass is 16.4. The number of piperidine rings is 1. The largest absolute Gasteiger partial charge is 0.508 e. The van der Waals surface area contributed by atoms with Crippen LogP contribution in [-0.4, -0.2) is 283 Å². The fourth-order valence-corrected chi connectivity index (χ4v) is 12.2. The van der Waals surface area contributed by atoms with Crippen LogP contribution in [0.15, 0.2) is 29.3 Å². The van der Waals surface area contributed by atoms with Crippen LogP contribution in [0.2, 0.25) is 0 Å². The van der Waals surface area contributed by atoms with Gasteiger partial charge in [-0.05, 0) is 119 Å². The van der Waals surface area contributed by atoms with Crippen LogP contribution in [0, 0.1) is 22.7 Å². The molecular formula is C63H102N18O19. The number of hydrogen-bond acceptors (Lipinski definition) is 19. The molecule has 100 heavy (non-hydrogen) atoms. The molecule has 3 saturated heterocycles. The molecule has 3 heterocycles. The Hall–Kier alpha value is -9.65. The standard InChI is InChI=1S/C63H102N18O19/c1-36(2)31-43(58(96)97)72-55(93)50(63(3,4)5)75-51(89)42(32-37-15-17-39(82)18-16-37)71-52(90)44-13-9-23-79(44)56(94)40(12-8-22-69-59(65)66)70-54(92)49(38-19-25-78(26-20-38)60(67)68)74-53(91)45-14-10-24-80(45)57(95)41(11-6-7-21-64)73-61(98)81(62(99)100)30-29-76(33-46(83)84)27-28-77(34-47(85)86)35-48(87)88/h15-18,36,38,40-45,49-50,82H,6-14,19-35,64H2,1-5H3,(H3,67,68)(H,70,92)(H,71,90)(H,72,93)(H,73,98)(H,74,91)(H,75,89)(H,83,84)(H,85,86)(H,87,88)(H,96,97)(H,99,100)(H4,65,66,69)/t40-,41+,42-,43-,44-,45-,49-,50+/m0/s1. The number of carboxylic acids is 4. The summed E-state index contributed by atoms with van der Waals surface area (Å²) in [5.74, 6) is -12.4. The first-order valence-corrected chi connectivity index (χ1v) is 33.4. The Morgan fingerprint density at radius 2 is 1.12 bits per heavy atom. The molecule has 0 aliphatic carbocycles. The molecule has 3 aliphatic heterocycles. The number of rotatable bonds is 39. The topological polar surface area (TPSA) is 575 Å². The van der Waals surface area contributed by atoms with Gasteiger partial charge in [0, 0.05) is 65.3 Å². The molecule has 558 valence electrons. The highest BCUT2D eigenvalue weighted by Crippen LogP contribution is 2.27. The second kappa shape index (κ2) is 39.8. The van der Waals surface area contributed by atoms with Crippen LogP contribution in [0.3, 0.4) is 0 Å². The van der Waals surface area contributed by atoms with E-state index in [0.29, 0.717) is 16.9 Å². The van der Waals surface area contributed by atoms with Gasteiger partial charge in [0.2, 0.25) is 41.4 Å². The van der Waals surface area contributed by atoms with E-state index in [4.69, 9.17) is 28.3 Å². The highest BCUT2D eigenvalue weighted by Gasteiger charge is 2.45. The number of urea groups is 1. The predicted octanol–water partition coefficient (Wildman–Crippen LogP) is -2.78. The summed E-state index contributed by atoms with van der Waals surface area (Å²) in [4.78, 5) is 187. The summed E-state index contributed by atoms with van der Waals surface area (Å²) in [6.07, 6.45) is -0.425. The van der Waals surface area contributed by atoms with Crippen molar-refractivity contribution in [3.63, 3.8) is 0 Å². The summed E-state index contributed by atoms with van der Waals surface area (Å²) < 4.78 is 0. The van der Waals surface area contributed by atoms with Gasteiger partial charge in [-0.3, -0.25) is 68.1 Å². The van der Waals surface area contributed by atoms with Crippen LogP contribution in [0.4, 0.5) is 9.59 Å². The number of aliphatic imine (C=N–C) groups is 1. The van der Waals surface area contributed by atoms with E-state index in [1.165, 1.54) is 34.1 Å². The number of aromatic hydroxyl groups is 1. The van der Waals surface area contributed by atoms with Crippen molar-refractivity contribution in [1.29, 1.82) is 5.41 Å². The molecule has 4 rings (SSSR count). The molecule has 0 spiro atoms. The number of nitrogens with two attached hydrogens (primary N) is 4. The lowest BCUT2D eigenvalue weighted by Crippen LogP contribution is -2.62. The van der Waals surface area contributed by atoms with Crippen molar-refractivity contribution in [3.8, 4) is 5.75 Å². The number of guanidine groups is 2. The van der Waals surface area contributed by atoms with Gasteiger partial charge in [0.15, 0.2) is 11.9 Å². The molecule has 1 aromatic rings. The van der Waals surface area contributed by atoms with Crippen LogP contribution < -0.4 is 54.8 Å². The lowest BCUT2D eigenvalue weighted by molar-refractivity contribution is -0.144. The third-order valence-electron chi connectivity index (χ3n) is 17.4. The number of benzene rings is 1. The maximum Gasteiger partial charge on any atom is 0.415 e. The van der Waals surface area contributed by atoms with E-state index in [-0.39, 0.29) is 153 Å². The van der Waals surface area contributed by atoms with Gasteiger partial charge in [-0.2, -0.15) is 0 Å². The number of carbonyl (C=O) groups is 13. The predicted molar refractivity (Wildman–Crippen MR) is 359 cm³/mol. The molecule has 0 aromatic heterocycles. The number of phenols is 1. The van der Waals surface area contributed by atoms with Crippen LogP contribution >= 0.6 is 0 Å².